The molecule has 16 heavy (non-hydrogen) atoms. The molecule has 5 nitrogen and oxygen atoms in total. The van der Waals surface area contributed by atoms with Crippen molar-refractivity contribution in [3.05, 3.63) is 23.8 Å². The van der Waals surface area contributed by atoms with Crippen LogP contribution in [0.3, 0.4) is 0 Å². The summed E-state index contributed by atoms with van der Waals surface area (Å²) in [7, 11) is 4.43. The summed E-state index contributed by atoms with van der Waals surface area (Å²) in [6.45, 7) is 0. The fraction of sp³-hybridized carbons (Fsp3) is 0.364. The minimum absolute atomic E-state index is 0.382. The molecular formula is C11H16NO4+. The highest BCUT2D eigenvalue weighted by atomic mass is 16.5. The van der Waals surface area contributed by atoms with Gasteiger partial charge in [-0.25, -0.2) is 4.79 Å². The summed E-state index contributed by atoms with van der Waals surface area (Å²) in [5.41, 5.74) is 4.47. The third-order valence-electron chi connectivity index (χ3n) is 2.30. The van der Waals surface area contributed by atoms with Gasteiger partial charge < -0.3 is 19.9 Å². The van der Waals surface area contributed by atoms with Gasteiger partial charge >= 0.3 is 5.97 Å². The van der Waals surface area contributed by atoms with Crippen LogP contribution in [0.4, 0.5) is 0 Å². The standard InChI is InChI=1S/C11H15NO4/c1-14-8-5-4-7(6-9(8)15-2)10(12)11(13)16-3/h4-6,10H,12H2,1-3H3/p+1. The molecule has 0 aliphatic heterocycles. The van der Waals surface area contributed by atoms with Crippen molar-refractivity contribution >= 4 is 5.97 Å². The first-order valence-corrected chi connectivity index (χ1v) is 4.76. The molecule has 1 atom stereocenters. The van der Waals surface area contributed by atoms with Gasteiger partial charge in [-0.15, -0.1) is 0 Å². The van der Waals surface area contributed by atoms with Gasteiger partial charge in [0.15, 0.2) is 11.5 Å². The Bertz CT molecular complexity index is 378. The van der Waals surface area contributed by atoms with E-state index < -0.39 is 6.04 Å². The average molecular weight is 226 g/mol. The van der Waals surface area contributed by atoms with Crippen LogP contribution in [0, 0.1) is 0 Å². The van der Waals surface area contributed by atoms with Gasteiger partial charge in [0.05, 0.1) is 21.3 Å². The number of ether oxygens (including phenoxy) is 3. The predicted molar refractivity (Wildman–Crippen MR) is 57.2 cm³/mol. The molecule has 0 fully saturated rings. The van der Waals surface area contributed by atoms with Crippen LogP contribution in [-0.2, 0) is 9.53 Å². The molecule has 88 valence electrons. The smallest absolute Gasteiger partial charge is 0.369 e. The van der Waals surface area contributed by atoms with E-state index in [-0.39, 0.29) is 5.97 Å². The van der Waals surface area contributed by atoms with Crippen LogP contribution in [0.15, 0.2) is 18.2 Å². The molecule has 0 bridgehead atoms. The van der Waals surface area contributed by atoms with Gasteiger partial charge in [0.25, 0.3) is 0 Å². The second-order valence-electron chi connectivity index (χ2n) is 3.19. The molecule has 5 heteroatoms. The Kier molecular flexibility index (Phi) is 4.13. The molecule has 0 heterocycles. The van der Waals surface area contributed by atoms with Crippen molar-refractivity contribution < 1.29 is 24.7 Å². The number of methoxy groups -OCH3 is 3. The van der Waals surface area contributed by atoms with Crippen LogP contribution >= 0.6 is 0 Å². The highest BCUT2D eigenvalue weighted by Crippen LogP contribution is 2.29. The van der Waals surface area contributed by atoms with Gasteiger partial charge in [0, 0.05) is 5.56 Å². The van der Waals surface area contributed by atoms with Gasteiger partial charge in [-0.1, -0.05) is 0 Å². The van der Waals surface area contributed by atoms with Gasteiger partial charge in [0.2, 0.25) is 6.04 Å². The van der Waals surface area contributed by atoms with Gasteiger partial charge in [-0.3, -0.25) is 0 Å². The number of hydrogen-bond acceptors (Lipinski definition) is 4. The summed E-state index contributed by atoms with van der Waals surface area (Å²) in [5.74, 6) is 0.799. The number of quaternary nitrogens is 1. The Hall–Kier alpha value is -1.75. The van der Waals surface area contributed by atoms with Gasteiger partial charge in [-0.05, 0) is 18.2 Å². The van der Waals surface area contributed by atoms with E-state index >= 15 is 0 Å². The van der Waals surface area contributed by atoms with Crippen molar-refractivity contribution in [2.45, 2.75) is 6.04 Å². The average Bonchev–Trinajstić information content (AvgIpc) is 2.35. The molecule has 1 aromatic carbocycles. The minimum Gasteiger partial charge on any atom is -0.493 e. The molecule has 0 saturated carbocycles. The zero-order valence-corrected chi connectivity index (χ0v) is 9.65. The van der Waals surface area contributed by atoms with E-state index in [1.807, 2.05) is 0 Å². The van der Waals surface area contributed by atoms with Gasteiger partial charge in [-0.2, -0.15) is 0 Å². The summed E-state index contributed by atoms with van der Waals surface area (Å²) in [4.78, 5) is 11.3. The summed E-state index contributed by atoms with van der Waals surface area (Å²) in [5, 5.41) is 0. The molecule has 0 spiro atoms. The van der Waals surface area contributed by atoms with E-state index in [2.05, 4.69) is 10.5 Å². The Labute approximate surface area is 94.1 Å². The maximum absolute atomic E-state index is 11.3. The van der Waals surface area contributed by atoms with Crippen LogP contribution in [0.1, 0.15) is 11.6 Å². The highest BCUT2D eigenvalue weighted by Gasteiger charge is 2.21. The normalized spacial score (nSPS) is 11.8. The lowest BCUT2D eigenvalue weighted by Gasteiger charge is -2.11. The highest BCUT2D eigenvalue weighted by molar-refractivity contribution is 5.76. The van der Waals surface area contributed by atoms with Crippen molar-refractivity contribution in [3.63, 3.8) is 0 Å². The van der Waals surface area contributed by atoms with E-state index in [9.17, 15) is 4.79 Å². The topological polar surface area (TPSA) is 72.4 Å². The number of benzene rings is 1. The zero-order chi connectivity index (χ0) is 12.1. The summed E-state index contributed by atoms with van der Waals surface area (Å²) >= 11 is 0. The maximum atomic E-state index is 11.3. The lowest BCUT2D eigenvalue weighted by atomic mass is 10.1. The molecule has 1 unspecified atom stereocenters. The van der Waals surface area contributed by atoms with Crippen molar-refractivity contribution in [3.8, 4) is 11.5 Å². The van der Waals surface area contributed by atoms with E-state index in [4.69, 9.17) is 9.47 Å². The third kappa shape index (κ3) is 2.43. The molecule has 0 amide bonds. The first-order chi connectivity index (χ1) is 7.63. The van der Waals surface area contributed by atoms with E-state index in [0.29, 0.717) is 11.5 Å². The summed E-state index contributed by atoms with van der Waals surface area (Å²) in [6.07, 6.45) is 0. The van der Waals surface area contributed by atoms with Crippen molar-refractivity contribution in [2.24, 2.45) is 0 Å². The van der Waals surface area contributed by atoms with E-state index in [1.165, 1.54) is 14.2 Å². The fourth-order valence-corrected chi connectivity index (χ4v) is 1.35. The largest absolute Gasteiger partial charge is 0.493 e. The third-order valence-corrected chi connectivity index (χ3v) is 2.30. The quantitative estimate of drug-likeness (QED) is 0.742. The Morgan fingerprint density at radius 1 is 1.19 bits per heavy atom. The molecular weight excluding hydrogens is 210 g/mol. The van der Waals surface area contributed by atoms with Crippen molar-refractivity contribution in [1.82, 2.24) is 0 Å². The number of carbonyl (C=O) groups excluding carboxylic acids is 1. The molecule has 0 saturated heterocycles. The predicted octanol–water partition coefficient (Wildman–Crippen LogP) is 0.160. The van der Waals surface area contributed by atoms with Crippen molar-refractivity contribution in [1.29, 1.82) is 0 Å². The fourth-order valence-electron chi connectivity index (χ4n) is 1.35. The molecule has 0 aliphatic carbocycles. The lowest BCUT2D eigenvalue weighted by molar-refractivity contribution is -0.414. The molecule has 0 radical (unpaired) electrons. The van der Waals surface area contributed by atoms with E-state index in [1.54, 1.807) is 25.3 Å². The maximum Gasteiger partial charge on any atom is 0.369 e. The SMILES string of the molecule is COC(=O)C([NH3+])c1ccc(OC)c(OC)c1. The molecule has 3 N–H and O–H groups in total. The Morgan fingerprint density at radius 2 is 1.81 bits per heavy atom. The first kappa shape index (κ1) is 12.3. The van der Waals surface area contributed by atoms with E-state index in [0.717, 1.165) is 5.56 Å². The lowest BCUT2D eigenvalue weighted by Crippen LogP contribution is -2.57. The number of rotatable bonds is 4. The molecule has 1 rings (SSSR count). The summed E-state index contributed by atoms with van der Waals surface area (Å²) < 4.78 is 14.9. The van der Waals surface area contributed by atoms with Crippen LogP contribution in [0.5, 0.6) is 11.5 Å². The Balaban J connectivity index is 3.03. The van der Waals surface area contributed by atoms with Crippen LogP contribution in [0.2, 0.25) is 0 Å². The number of carbonyl (C=O) groups is 1. The molecule has 1 aromatic rings. The second kappa shape index (κ2) is 5.37. The minimum atomic E-state index is -0.565. The number of hydrogen-bond donors (Lipinski definition) is 1. The molecule has 0 aromatic heterocycles. The van der Waals surface area contributed by atoms with Crippen LogP contribution < -0.4 is 15.2 Å². The van der Waals surface area contributed by atoms with Crippen molar-refractivity contribution in [2.75, 3.05) is 21.3 Å². The zero-order valence-electron chi connectivity index (χ0n) is 9.65. The molecule has 0 aliphatic rings. The first-order valence-electron chi connectivity index (χ1n) is 4.76. The summed E-state index contributed by atoms with van der Waals surface area (Å²) in [6, 6.07) is 4.64. The van der Waals surface area contributed by atoms with Crippen LogP contribution in [-0.4, -0.2) is 27.3 Å². The van der Waals surface area contributed by atoms with Crippen LogP contribution in [0.25, 0.3) is 0 Å². The second-order valence-corrected chi connectivity index (χ2v) is 3.19. The van der Waals surface area contributed by atoms with Gasteiger partial charge in [0.1, 0.15) is 0 Å². The Morgan fingerprint density at radius 3 is 2.31 bits per heavy atom. The monoisotopic (exact) mass is 226 g/mol. The number of esters is 1.